The van der Waals surface area contributed by atoms with Crippen LogP contribution in [0.4, 0.5) is 5.82 Å². The highest BCUT2D eigenvalue weighted by Gasteiger charge is 2.18. The summed E-state index contributed by atoms with van der Waals surface area (Å²) in [6.45, 7) is 1.09. The minimum atomic E-state index is -0.148. The number of aromatic nitrogens is 1. The highest BCUT2D eigenvalue weighted by Crippen LogP contribution is 2.30. The van der Waals surface area contributed by atoms with E-state index in [2.05, 4.69) is 22.8 Å². The van der Waals surface area contributed by atoms with Gasteiger partial charge in [-0.2, -0.15) is 0 Å². The van der Waals surface area contributed by atoms with Crippen LogP contribution in [0.1, 0.15) is 56.2 Å². The number of rotatable bonds is 3. The lowest BCUT2D eigenvalue weighted by Crippen LogP contribution is -2.18. The topological polar surface area (TPSA) is 71.1 Å². The molecule has 2 aliphatic heterocycles. The van der Waals surface area contributed by atoms with Gasteiger partial charge in [-0.15, -0.1) is 0 Å². The van der Waals surface area contributed by atoms with E-state index in [0.29, 0.717) is 12.8 Å². The molecule has 0 unspecified atom stereocenters. The Morgan fingerprint density at radius 2 is 1.83 bits per heavy atom. The van der Waals surface area contributed by atoms with Crippen LogP contribution in [-0.4, -0.2) is 23.3 Å². The van der Waals surface area contributed by atoms with Crippen LogP contribution in [0, 0.1) is 5.92 Å². The maximum absolute atomic E-state index is 10.1. The number of aryl methyl sites for hydroxylation is 2. The molecule has 124 valence electrons. The minimum absolute atomic E-state index is 0.148. The van der Waals surface area contributed by atoms with Crippen LogP contribution in [0.3, 0.4) is 0 Å². The van der Waals surface area contributed by atoms with Crippen molar-refractivity contribution in [2.45, 2.75) is 57.8 Å². The Balaban J connectivity index is 0.000000188. The first-order valence-electron chi connectivity index (χ1n) is 8.76. The summed E-state index contributed by atoms with van der Waals surface area (Å²) in [6.07, 6.45) is 10.0. The van der Waals surface area contributed by atoms with Crippen LogP contribution in [0.2, 0.25) is 0 Å². The summed E-state index contributed by atoms with van der Waals surface area (Å²) in [5.74, 6) is 1.85. The van der Waals surface area contributed by atoms with Crippen LogP contribution in [-0.2, 0) is 22.4 Å². The highest BCUT2D eigenvalue weighted by molar-refractivity contribution is 6.01. The average molecular weight is 315 g/mol. The molecular formula is C18H25N3O2. The van der Waals surface area contributed by atoms with E-state index in [9.17, 15) is 9.59 Å². The molecule has 2 N–H and O–H groups in total. The predicted octanol–water partition coefficient (Wildman–Crippen LogP) is 2.60. The molecule has 1 saturated carbocycles. The maximum Gasteiger partial charge on any atom is 0.227 e. The number of anilines is 1. The lowest BCUT2D eigenvalue weighted by atomic mass is 9.82. The van der Waals surface area contributed by atoms with Crippen LogP contribution >= 0.6 is 0 Å². The SMILES string of the molecule is O=C1CCC(=O)N1.c1cc2c(nc1CCC1CCC1)NCCC2. The molecule has 0 bridgehead atoms. The molecule has 4 rings (SSSR count). The van der Waals surface area contributed by atoms with E-state index in [1.54, 1.807) is 0 Å². The average Bonchev–Trinajstić information content (AvgIpc) is 2.89. The Morgan fingerprint density at radius 3 is 2.43 bits per heavy atom. The number of fused-ring (bicyclic) bond motifs is 1. The van der Waals surface area contributed by atoms with Crippen molar-refractivity contribution in [3.63, 3.8) is 0 Å². The largest absolute Gasteiger partial charge is 0.370 e. The second-order valence-electron chi connectivity index (χ2n) is 6.65. The van der Waals surface area contributed by atoms with Crippen LogP contribution in [0.5, 0.6) is 0 Å². The van der Waals surface area contributed by atoms with Gasteiger partial charge in [0.15, 0.2) is 0 Å². The van der Waals surface area contributed by atoms with Gasteiger partial charge in [-0.25, -0.2) is 4.98 Å². The quantitative estimate of drug-likeness (QED) is 0.841. The summed E-state index contributed by atoms with van der Waals surface area (Å²) in [6, 6.07) is 4.50. The molecule has 5 heteroatoms. The normalized spacial score (nSPS) is 19.8. The van der Waals surface area contributed by atoms with E-state index in [1.165, 1.54) is 56.2 Å². The zero-order chi connectivity index (χ0) is 16.1. The summed E-state index contributed by atoms with van der Waals surface area (Å²) >= 11 is 0. The molecule has 1 saturated heterocycles. The summed E-state index contributed by atoms with van der Waals surface area (Å²) < 4.78 is 0. The molecule has 2 amide bonds. The number of hydrogen-bond donors (Lipinski definition) is 2. The third-order valence-electron chi connectivity index (χ3n) is 4.84. The zero-order valence-corrected chi connectivity index (χ0v) is 13.6. The molecule has 0 atom stereocenters. The first kappa shape index (κ1) is 16.0. The lowest BCUT2D eigenvalue weighted by molar-refractivity contribution is -0.124. The van der Waals surface area contributed by atoms with Crippen molar-refractivity contribution in [3.05, 3.63) is 23.4 Å². The monoisotopic (exact) mass is 315 g/mol. The van der Waals surface area contributed by atoms with Gasteiger partial charge in [0.25, 0.3) is 0 Å². The fourth-order valence-corrected chi connectivity index (χ4v) is 3.15. The second kappa shape index (κ2) is 7.57. The number of pyridine rings is 1. The molecule has 1 aromatic heterocycles. The third kappa shape index (κ3) is 4.53. The van der Waals surface area contributed by atoms with Gasteiger partial charge in [-0.05, 0) is 43.2 Å². The van der Waals surface area contributed by atoms with E-state index in [4.69, 9.17) is 4.98 Å². The molecule has 0 radical (unpaired) electrons. The second-order valence-corrected chi connectivity index (χ2v) is 6.65. The molecule has 5 nitrogen and oxygen atoms in total. The van der Waals surface area contributed by atoms with E-state index < -0.39 is 0 Å². The highest BCUT2D eigenvalue weighted by atomic mass is 16.2. The molecule has 0 spiro atoms. The summed E-state index contributed by atoms with van der Waals surface area (Å²) in [7, 11) is 0. The molecule has 0 aromatic carbocycles. The van der Waals surface area contributed by atoms with Gasteiger partial charge in [0, 0.05) is 25.1 Å². The lowest BCUT2D eigenvalue weighted by Gasteiger charge is -2.25. The summed E-state index contributed by atoms with van der Waals surface area (Å²) in [4.78, 5) is 25.0. The van der Waals surface area contributed by atoms with Gasteiger partial charge in [0.2, 0.25) is 11.8 Å². The van der Waals surface area contributed by atoms with E-state index in [-0.39, 0.29) is 11.8 Å². The first-order chi connectivity index (χ1) is 11.2. The Morgan fingerprint density at radius 1 is 1.04 bits per heavy atom. The van der Waals surface area contributed by atoms with Gasteiger partial charge in [0.05, 0.1) is 0 Å². The van der Waals surface area contributed by atoms with E-state index in [1.807, 2.05) is 0 Å². The number of nitrogens with one attached hydrogen (secondary N) is 2. The molecule has 3 heterocycles. The van der Waals surface area contributed by atoms with Crippen molar-refractivity contribution < 1.29 is 9.59 Å². The molecule has 1 aliphatic carbocycles. The Hall–Kier alpha value is -1.91. The summed E-state index contributed by atoms with van der Waals surface area (Å²) in [5.41, 5.74) is 2.68. The molecule has 2 fully saturated rings. The van der Waals surface area contributed by atoms with Crippen molar-refractivity contribution in [3.8, 4) is 0 Å². The van der Waals surface area contributed by atoms with Crippen LogP contribution in [0.15, 0.2) is 12.1 Å². The van der Waals surface area contributed by atoms with Gasteiger partial charge in [0.1, 0.15) is 5.82 Å². The maximum atomic E-state index is 10.1. The van der Waals surface area contributed by atoms with E-state index >= 15 is 0 Å². The Bertz CT molecular complexity index is 568. The van der Waals surface area contributed by atoms with Gasteiger partial charge in [-0.3, -0.25) is 14.9 Å². The molecule has 3 aliphatic rings. The number of amides is 2. The van der Waals surface area contributed by atoms with Crippen molar-refractivity contribution in [2.75, 3.05) is 11.9 Å². The summed E-state index contributed by atoms with van der Waals surface area (Å²) in [5, 5.41) is 5.55. The number of hydrogen-bond acceptors (Lipinski definition) is 4. The molecule has 1 aromatic rings. The smallest absolute Gasteiger partial charge is 0.227 e. The van der Waals surface area contributed by atoms with Gasteiger partial charge >= 0.3 is 0 Å². The zero-order valence-electron chi connectivity index (χ0n) is 13.6. The molecule has 23 heavy (non-hydrogen) atoms. The predicted molar refractivity (Wildman–Crippen MR) is 89.1 cm³/mol. The first-order valence-corrected chi connectivity index (χ1v) is 8.76. The number of nitrogens with zero attached hydrogens (tertiary/aromatic N) is 1. The van der Waals surface area contributed by atoms with Crippen molar-refractivity contribution in [1.82, 2.24) is 10.3 Å². The Kier molecular flexibility index (Phi) is 5.26. The fourth-order valence-electron chi connectivity index (χ4n) is 3.15. The fraction of sp³-hybridized carbons (Fsp3) is 0.611. The Labute approximate surface area is 137 Å². The number of imide groups is 1. The number of carbonyl (C=O) groups is 2. The van der Waals surface area contributed by atoms with E-state index in [0.717, 1.165) is 18.3 Å². The van der Waals surface area contributed by atoms with Gasteiger partial charge < -0.3 is 5.32 Å². The van der Waals surface area contributed by atoms with Crippen molar-refractivity contribution in [2.24, 2.45) is 5.92 Å². The van der Waals surface area contributed by atoms with Crippen molar-refractivity contribution in [1.29, 1.82) is 0 Å². The van der Waals surface area contributed by atoms with Gasteiger partial charge in [-0.1, -0.05) is 25.3 Å². The van der Waals surface area contributed by atoms with Crippen LogP contribution < -0.4 is 10.6 Å². The third-order valence-corrected chi connectivity index (χ3v) is 4.84. The van der Waals surface area contributed by atoms with Crippen LogP contribution in [0.25, 0.3) is 0 Å². The van der Waals surface area contributed by atoms with Crippen molar-refractivity contribution >= 4 is 17.6 Å². The number of carbonyl (C=O) groups excluding carboxylic acids is 2. The standard InChI is InChI=1S/C14H20N2.C4H5NO2/c1-3-11(4-1)6-8-13-9-7-12-5-2-10-15-14(12)16-13;6-3-1-2-4(7)5-3/h7,9,11H,1-6,8,10H2,(H,15,16);1-2H2,(H,5,6,7). The molecular weight excluding hydrogens is 290 g/mol. The minimum Gasteiger partial charge on any atom is -0.370 e.